The molecule has 1 atom stereocenters. The number of rotatable bonds is 5. The van der Waals surface area contributed by atoms with E-state index in [2.05, 4.69) is 34.3 Å². The van der Waals surface area contributed by atoms with Crippen molar-refractivity contribution < 1.29 is 0 Å². The fourth-order valence-electron chi connectivity index (χ4n) is 2.26. The van der Waals surface area contributed by atoms with Crippen LogP contribution in [0, 0.1) is 0 Å². The van der Waals surface area contributed by atoms with Crippen LogP contribution in [0.4, 0.5) is 0 Å². The van der Waals surface area contributed by atoms with Gasteiger partial charge in [-0.1, -0.05) is 12.1 Å². The minimum Gasteiger partial charge on any atom is -0.314 e. The number of allylic oxidation sites excluding steroid dienone is 1. The van der Waals surface area contributed by atoms with Crippen LogP contribution in [0.15, 0.2) is 30.2 Å². The maximum atomic E-state index is 3.83. The van der Waals surface area contributed by atoms with Crippen LogP contribution >= 0.6 is 11.3 Å². The first-order valence-electron chi connectivity index (χ1n) is 6.01. The van der Waals surface area contributed by atoms with Gasteiger partial charge >= 0.3 is 0 Å². The molecule has 0 aromatic carbocycles. The number of nitrogens with zero attached hydrogens (tertiary/aromatic N) is 1. The summed E-state index contributed by atoms with van der Waals surface area (Å²) >= 11 is 1.88. The maximum Gasteiger partial charge on any atom is 0.0445 e. The second-order valence-corrected chi connectivity index (χ2v) is 5.16. The molecule has 1 fully saturated rings. The molecule has 2 heterocycles. The molecule has 1 aromatic heterocycles. The average molecular weight is 236 g/mol. The average Bonchev–Trinajstić information content (AvgIpc) is 2.85. The first-order valence-corrected chi connectivity index (χ1v) is 6.89. The van der Waals surface area contributed by atoms with Crippen LogP contribution in [0.5, 0.6) is 0 Å². The number of hydrogen-bond donors (Lipinski definition) is 1. The number of piperazine rings is 1. The Labute approximate surface area is 102 Å². The Morgan fingerprint density at radius 1 is 1.50 bits per heavy atom. The number of hydrogen-bond acceptors (Lipinski definition) is 3. The summed E-state index contributed by atoms with van der Waals surface area (Å²) in [4.78, 5) is 4.11. The van der Waals surface area contributed by atoms with Crippen molar-refractivity contribution in [2.24, 2.45) is 0 Å². The largest absolute Gasteiger partial charge is 0.314 e. The normalized spacial score (nSPS) is 19.5. The summed E-state index contributed by atoms with van der Waals surface area (Å²) in [7, 11) is 0. The molecular weight excluding hydrogens is 216 g/mol. The van der Waals surface area contributed by atoms with Gasteiger partial charge in [0, 0.05) is 37.1 Å². The minimum atomic E-state index is 0.597. The zero-order chi connectivity index (χ0) is 11.2. The van der Waals surface area contributed by atoms with Crippen molar-refractivity contribution in [3.05, 3.63) is 35.0 Å². The van der Waals surface area contributed by atoms with Crippen molar-refractivity contribution in [3.63, 3.8) is 0 Å². The molecule has 1 aliphatic rings. The Morgan fingerprint density at radius 3 is 2.94 bits per heavy atom. The molecule has 1 N–H and O–H groups in total. The quantitative estimate of drug-likeness (QED) is 0.791. The third kappa shape index (κ3) is 2.94. The summed E-state index contributed by atoms with van der Waals surface area (Å²) in [5.74, 6) is 0. The summed E-state index contributed by atoms with van der Waals surface area (Å²) < 4.78 is 0. The lowest BCUT2D eigenvalue weighted by Gasteiger charge is -2.34. The van der Waals surface area contributed by atoms with Crippen LogP contribution in [0.25, 0.3) is 0 Å². The highest BCUT2D eigenvalue weighted by Crippen LogP contribution is 2.29. The van der Waals surface area contributed by atoms with Crippen molar-refractivity contribution in [2.45, 2.75) is 18.9 Å². The predicted octanol–water partition coefficient (Wildman–Crippen LogP) is 2.66. The molecule has 0 amide bonds. The van der Waals surface area contributed by atoms with Crippen LogP contribution in [-0.2, 0) is 0 Å². The van der Waals surface area contributed by atoms with Gasteiger partial charge < -0.3 is 5.32 Å². The SMILES string of the molecule is C=CCC[C@@H](c1cccs1)N1CCNCC1. The Bertz CT molecular complexity index is 302. The van der Waals surface area contributed by atoms with Crippen molar-refractivity contribution in [3.8, 4) is 0 Å². The minimum absolute atomic E-state index is 0.597. The van der Waals surface area contributed by atoms with E-state index in [0.29, 0.717) is 6.04 Å². The van der Waals surface area contributed by atoms with Crippen molar-refractivity contribution in [1.29, 1.82) is 0 Å². The topological polar surface area (TPSA) is 15.3 Å². The predicted molar refractivity (Wildman–Crippen MR) is 70.9 cm³/mol. The molecule has 0 bridgehead atoms. The summed E-state index contributed by atoms with van der Waals surface area (Å²) in [6.07, 6.45) is 4.33. The monoisotopic (exact) mass is 236 g/mol. The van der Waals surface area contributed by atoms with Gasteiger partial charge in [0.1, 0.15) is 0 Å². The second kappa shape index (κ2) is 6.18. The first-order chi connectivity index (χ1) is 7.92. The summed E-state index contributed by atoms with van der Waals surface area (Å²) in [5, 5.41) is 5.59. The third-order valence-electron chi connectivity index (χ3n) is 3.11. The van der Waals surface area contributed by atoms with Gasteiger partial charge in [-0.25, -0.2) is 0 Å². The zero-order valence-electron chi connectivity index (χ0n) is 9.69. The number of nitrogens with one attached hydrogen (secondary N) is 1. The molecule has 16 heavy (non-hydrogen) atoms. The van der Waals surface area contributed by atoms with Crippen LogP contribution < -0.4 is 5.32 Å². The van der Waals surface area contributed by atoms with Crippen LogP contribution in [0.1, 0.15) is 23.8 Å². The highest BCUT2D eigenvalue weighted by Gasteiger charge is 2.21. The summed E-state index contributed by atoms with van der Waals surface area (Å²) in [6.45, 7) is 8.41. The molecule has 0 radical (unpaired) electrons. The van der Waals surface area contributed by atoms with E-state index in [9.17, 15) is 0 Å². The van der Waals surface area contributed by atoms with E-state index in [-0.39, 0.29) is 0 Å². The van der Waals surface area contributed by atoms with Crippen LogP contribution in [0.3, 0.4) is 0 Å². The van der Waals surface area contributed by atoms with Gasteiger partial charge in [-0.15, -0.1) is 17.9 Å². The van der Waals surface area contributed by atoms with E-state index in [4.69, 9.17) is 0 Å². The van der Waals surface area contributed by atoms with Crippen molar-refractivity contribution >= 4 is 11.3 Å². The van der Waals surface area contributed by atoms with Gasteiger partial charge in [-0.05, 0) is 24.3 Å². The molecule has 0 unspecified atom stereocenters. The molecule has 0 aliphatic carbocycles. The van der Waals surface area contributed by atoms with Crippen LogP contribution in [0.2, 0.25) is 0 Å². The Hall–Kier alpha value is -0.640. The maximum absolute atomic E-state index is 3.83. The summed E-state index contributed by atoms with van der Waals surface area (Å²) in [5.41, 5.74) is 0. The van der Waals surface area contributed by atoms with E-state index in [1.54, 1.807) is 0 Å². The smallest absolute Gasteiger partial charge is 0.0445 e. The van der Waals surface area contributed by atoms with Gasteiger partial charge in [0.25, 0.3) is 0 Å². The van der Waals surface area contributed by atoms with Gasteiger partial charge in [0.15, 0.2) is 0 Å². The van der Waals surface area contributed by atoms with Crippen molar-refractivity contribution in [2.75, 3.05) is 26.2 Å². The highest BCUT2D eigenvalue weighted by atomic mass is 32.1. The lowest BCUT2D eigenvalue weighted by Crippen LogP contribution is -2.45. The van der Waals surface area contributed by atoms with E-state index >= 15 is 0 Å². The molecular formula is C13H20N2S. The molecule has 88 valence electrons. The molecule has 3 heteroatoms. The van der Waals surface area contributed by atoms with E-state index < -0.39 is 0 Å². The van der Waals surface area contributed by atoms with Gasteiger partial charge in [0.2, 0.25) is 0 Å². The standard InChI is InChI=1S/C13H20N2S/c1-2-3-5-12(13-6-4-11-16-13)15-9-7-14-8-10-15/h2,4,6,11-12,14H,1,3,5,7-10H2/t12-/m0/s1. The number of thiophene rings is 1. The van der Waals surface area contributed by atoms with Crippen molar-refractivity contribution in [1.82, 2.24) is 10.2 Å². The van der Waals surface area contributed by atoms with Gasteiger partial charge in [-0.2, -0.15) is 0 Å². The van der Waals surface area contributed by atoms with E-state index in [0.717, 1.165) is 19.5 Å². The Morgan fingerprint density at radius 2 is 2.31 bits per heavy atom. The zero-order valence-corrected chi connectivity index (χ0v) is 10.5. The lowest BCUT2D eigenvalue weighted by molar-refractivity contribution is 0.168. The molecule has 2 nitrogen and oxygen atoms in total. The molecule has 1 aromatic rings. The first kappa shape index (κ1) is 11.8. The third-order valence-corrected chi connectivity index (χ3v) is 4.08. The van der Waals surface area contributed by atoms with E-state index in [1.807, 2.05) is 17.4 Å². The second-order valence-electron chi connectivity index (χ2n) is 4.18. The Kier molecular flexibility index (Phi) is 4.57. The molecule has 0 saturated carbocycles. The Balaban J connectivity index is 2.03. The van der Waals surface area contributed by atoms with Gasteiger partial charge in [-0.3, -0.25) is 4.90 Å². The van der Waals surface area contributed by atoms with Gasteiger partial charge in [0.05, 0.1) is 0 Å². The molecule has 2 rings (SSSR count). The fourth-order valence-corrected chi connectivity index (χ4v) is 3.15. The summed E-state index contributed by atoms with van der Waals surface area (Å²) in [6, 6.07) is 5.02. The highest BCUT2D eigenvalue weighted by molar-refractivity contribution is 7.10. The lowest BCUT2D eigenvalue weighted by atomic mass is 10.1. The van der Waals surface area contributed by atoms with E-state index in [1.165, 1.54) is 24.4 Å². The molecule has 0 spiro atoms. The fraction of sp³-hybridized carbons (Fsp3) is 0.538. The molecule has 1 saturated heterocycles. The van der Waals surface area contributed by atoms with Crippen LogP contribution in [-0.4, -0.2) is 31.1 Å². The molecule has 1 aliphatic heterocycles.